The van der Waals surface area contributed by atoms with Crippen LogP contribution in [0.5, 0.6) is 5.88 Å². The molecule has 0 aliphatic heterocycles. The number of nitro benzene ring substituents is 1. The Morgan fingerprint density at radius 2 is 1.76 bits per heavy atom. The van der Waals surface area contributed by atoms with Gasteiger partial charge in [-0.25, -0.2) is 13.1 Å². The molecule has 0 atom stereocenters. The first-order valence-electron chi connectivity index (χ1n) is 8.63. The molecule has 3 aromatic rings. The summed E-state index contributed by atoms with van der Waals surface area (Å²) in [7, 11) is -4.04. The van der Waals surface area contributed by atoms with Crippen molar-refractivity contribution in [1.82, 2.24) is 14.9 Å². The maximum atomic E-state index is 12.3. The molecular formula is C19H18N4O5S. The summed E-state index contributed by atoms with van der Waals surface area (Å²) in [4.78, 5) is 9.87. The summed E-state index contributed by atoms with van der Waals surface area (Å²) in [6.45, 7) is 1.89. The molecule has 0 saturated heterocycles. The molecule has 0 unspecified atom stereocenters. The zero-order chi connectivity index (χ0) is 20.9. The van der Waals surface area contributed by atoms with Gasteiger partial charge in [0, 0.05) is 24.2 Å². The first-order chi connectivity index (χ1) is 13.9. The highest BCUT2D eigenvalue weighted by Crippen LogP contribution is 2.22. The Bertz CT molecular complexity index is 1100. The predicted molar refractivity (Wildman–Crippen MR) is 106 cm³/mol. The van der Waals surface area contributed by atoms with Crippen LogP contribution in [0.2, 0.25) is 0 Å². The lowest BCUT2D eigenvalue weighted by atomic mass is 10.1. The van der Waals surface area contributed by atoms with Crippen molar-refractivity contribution >= 4 is 15.7 Å². The molecule has 29 heavy (non-hydrogen) atoms. The van der Waals surface area contributed by atoms with E-state index in [1.807, 2.05) is 31.2 Å². The van der Waals surface area contributed by atoms with Gasteiger partial charge in [0.05, 0.1) is 10.6 Å². The van der Waals surface area contributed by atoms with Gasteiger partial charge in [-0.15, -0.1) is 10.2 Å². The highest BCUT2D eigenvalue weighted by Gasteiger charge is 2.24. The molecule has 3 rings (SSSR count). The number of nitrogens with one attached hydrogen (secondary N) is 1. The number of aryl methyl sites for hydroxylation is 1. The Morgan fingerprint density at radius 3 is 2.41 bits per heavy atom. The number of nitrogens with zero attached hydrogens (tertiary/aromatic N) is 3. The van der Waals surface area contributed by atoms with Gasteiger partial charge >= 0.3 is 0 Å². The minimum atomic E-state index is -4.04. The largest absolute Gasteiger partial charge is 0.475 e. The molecule has 0 radical (unpaired) electrons. The molecule has 0 aliphatic rings. The van der Waals surface area contributed by atoms with Crippen LogP contribution in [0.15, 0.2) is 65.6 Å². The molecule has 0 bridgehead atoms. The summed E-state index contributed by atoms with van der Waals surface area (Å²) in [6.07, 6.45) is 0. The summed E-state index contributed by atoms with van der Waals surface area (Å²) >= 11 is 0. The molecule has 1 aromatic heterocycles. The molecule has 1 N–H and O–H groups in total. The Labute approximate surface area is 167 Å². The van der Waals surface area contributed by atoms with Gasteiger partial charge < -0.3 is 4.74 Å². The number of para-hydroxylation sites is 1. The predicted octanol–water partition coefficient (Wildman–Crippen LogP) is 2.72. The van der Waals surface area contributed by atoms with Crippen molar-refractivity contribution in [3.8, 4) is 17.1 Å². The van der Waals surface area contributed by atoms with E-state index >= 15 is 0 Å². The lowest BCUT2D eigenvalue weighted by molar-refractivity contribution is -0.387. The van der Waals surface area contributed by atoms with E-state index in [4.69, 9.17) is 4.74 Å². The molecule has 0 spiro atoms. The molecule has 0 fully saturated rings. The molecule has 2 aromatic carbocycles. The van der Waals surface area contributed by atoms with Crippen LogP contribution in [0.1, 0.15) is 5.56 Å². The minimum absolute atomic E-state index is 0.0155. The topological polar surface area (TPSA) is 124 Å². The van der Waals surface area contributed by atoms with Crippen LogP contribution in [0.4, 0.5) is 5.69 Å². The molecule has 9 nitrogen and oxygen atoms in total. The van der Waals surface area contributed by atoms with E-state index in [1.165, 1.54) is 18.2 Å². The summed E-state index contributed by atoms with van der Waals surface area (Å²) < 4.78 is 32.3. The van der Waals surface area contributed by atoms with Crippen LogP contribution < -0.4 is 9.46 Å². The fourth-order valence-corrected chi connectivity index (χ4v) is 3.70. The molecule has 0 amide bonds. The van der Waals surface area contributed by atoms with Crippen molar-refractivity contribution in [2.75, 3.05) is 13.2 Å². The molecular weight excluding hydrogens is 396 g/mol. The van der Waals surface area contributed by atoms with Crippen molar-refractivity contribution in [3.05, 3.63) is 76.3 Å². The number of nitro groups is 1. The van der Waals surface area contributed by atoms with E-state index in [0.29, 0.717) is 5.69 Å². The summed E-state index contributed by atoms with van der Waals surface area (Å²) in [6, 6.07) is 16.4. The average molecular weight is 414 g/mol. The number of benzene rings is 2. The van der Waals surface area contributed by atoms with Gasteiger partial charge in [0.1, 0.15) is 6.61 Å². The van der Waals surface area contributed by atoms with Crippen LogP contribution in [-0.2, 0) is 10.0 Å². The lowest BCUT2D eigenvalue weighted by Crippen LogP contribution is -2.28. The van der Waals surface area contributed by atoms with Crippen molar-refractivity contribution in [3.63, 3.8) is 0 Å². The van der Waals surface area contributed by atoms with Crippen LogP contribution in [-0.4, -0.2) is 36.7 Å². The number of hydrogen-bond acceptors (Lipinski definition) is 7. The Morgan fingerprint density at radius 1 is 1.03 bits per heavy atom. The molecule has 150 valence electrons. The standard InChI is InChI=1S/C19H18N4O5S/c1-14-6-8-15(9-7-14)16-10-11-19(22-21-16)28-13-12-20-29(26,27)18-5-3-2-4-17(18)23(24)25/h2-11,20H,12-13H2,1H3. The Balaban J connectivity index is 1.56. The van der Waals surface area contributed by atoms with Crippen molar-refractivity contribution in [2.24, 2.45) is 0 Å². The van der Waals surface area contributed by atoms with Crippen LogP contribution in [0, 0.1) is 17.0 Å². The van der Waals surface area contributed by atoms with Crippen molar-refractivity contribution < 1.29 is 18.1 Å². The van der Waals surface area contributed by atoms with Gasteiger partial charge in [0.15, 0.2) is 4.90 Å². The monoisotopic (exact) mass is 414 g/mol. The zero-order valence-corrected chi connectivity index (χ0v) is 16.3. The second-order valence-electron chi connectivity index (χ2n) is 6.09. The van der Waals surface area contributed by atoms with E-state index in [2.05, 4.69) is 14.9 Å². The van der Waals surface area contributed by atoms with Crippen LogP contribution >= 0.6 is 0 Å². The zero-order valence-electron chi connectivity index (χ0n) is 15.5. The average Bonchev–Trinajstić information content (AvgIpc) is 2.72. The number of hydrogen-bond donors (Lipinski definition) is 1. The summed E-state index contributed by atoms with van der Waals surface area (Å²) in [5, 5.41) is 19.1. The smallest absolute Gasteiger partial charge is 0.289 e. The van der Waals surface area contributed by atoms with Gasteiger partial charge in [0.2, 0.25) is 15.9 Å². The number of ether oxygens (including phenoxy) is 1. The van der Waals surface area contributed by atoms with E-state index < -0.39 is 25.5 Å². The number of sulfonamides is 1. The fraction of sp³-hybridized carbons (Fsp3) is 0.158. The SMILES string of the molecule is Cc1ccc(-c2ccc(OCCNS(=O)(=O)c3ccccc3[N+](=O)[O-])nn2)cc1. The molecule has 10 heteroatoms. The summed E-state index contributed by atoms with van der Waals surface area (Å²) in [5.41, 5.74) is 2.27. The van der Waals surface area contributed by atoms with E-state index in [9.17, 15) is 18.5 Å². The minimum Gasteiger partial charge on any atom is -0.475 e. The molecule has 1 heterocycles. The Hall–Kier alpha value is -3.37. The third kappa shape index (κ3) is 5.12. The Kier molecular flexibility index (Phi) is 6.15. The lowest BCUT2D eigenvalue weighted by Gasteiger charge is -2.08. The van der Waals surface area contributed by atoms with Gasteiger partial charge in [-0.3, -0.25) is 10.1 Å². The number of rotatable bonds is 8. The number of aromatic nitrogens is 2. The van der Waals surface area contributed by atoms with Crippen LogP contribution in [0.3, 0.4) is 0 Å². The van der Waals surface area contributed by atoms with Crippen molar-refractivity contribution in [2.45, 2.75) is 11.8 Å². The fourth-order valence-electron chi connectivity index (χ4n) is 2.52. The highest BCUT2D eigenvalue weighted by atomic mass is 32.2. The van der Waals surface area contributed by atoms with E-state index in [-0.39, 0.29) is 19.0 Å². The maximum absolute atomic E-state index is 12.3. The first kappa shape index (κ1) is 20.4. The highest BCUT2D eigenvalue weighted by molar-refractivity contribution is 7.89. The first-order valence-corrected chi connectivity index (χ1v) is 10.1. The third-order valence-electron chi connectivity index (χ3n) is 3.98. The maximum Gasteiger partial charge on any atom is 0.289 e. The second-order valence-corrected chi connectivity index (χ2v) is 7.83. The van der Waals surface area contributed by atoms with E-state index in [0.717, 1.165) is 17.2 Å². The second kappa shape index (κ2) is 8.76. The van der Waals surface area contributed by atoms with Gasteiger partial charge in [0.25, 0.3) is 5.69 Å². The van der Waals surface area contributed by atoms with Gasteiger partial charge in [-0.05, 0) is 19.1 Å². The molecule has 0 saturated carbocycles. The normalized spacial score (nSPS) is 11.2. The van der Waals surface area contributed by atoms with Crippen molar-refractivity contribution in [1.29, 1.82) is 0 Å². The quantitative estimate of drug-likeness (QED) is 0.341. The third-order valence-corrected chi connectivity index (χ3v) is 5.49. The summed E-state index contributed by atoms with van der Waals surface area (Å²) in [5.74, 6) is 0.241. The van der Waals surface area contributed by atoms with Gasteiger partial charge in [-0.1, -0.05) is 42.0 Å². The molecule has 0 aliphatic carbocycles. The van der Waals surface area contributed by atoms with E-state index in [1.54, 1.807) is 12.1 Å². The van der Waals surface area contributed by atoms with Crippen LogP contribution in [0.25, 0.3) is 11.3 Å². The van der Waals surface area contributed by atoms with Gasteiger partial charge in [-0.2, -0.15) is 0 Å².